The fourth-order valence-corrected chi connectivity index (χ4v) is 3.46. The van der Waals surface area contributed by atoms with Gasteiger partial charge in [-0.1, -0.05) is 0 Å². The molecule has 0 amide bonds. The van der Waals surface area contributed by atoms with Gasteiger partial charge in [0.15, 0.2) is 23.0 Å². The quantitative estimate of drug-likeness (QED) is 0.356. The molecule has 1 aliphatic rings. The van der Waals surface area contributed by atoms with Crippen LogP contribution in [0.5, 0.6) is 34.5 Å². The lowest BCUT2D eigenvalue weighted by Crippen LogP contribution is -2.60. The fraction of sp³-hybridized carbons (Fsp3) is 0.435. The molecule has 1 aliphatic heterocycles. The number of benzene rings is 2. The highest BCUT2D eigenvalue weighted by Gasteiger charge is 2.45. The molecular formula is C23H28O12. The predicted octanol–water partition coefficient (Wildman–Crippen LogP) is 0.470. The summed E-state index contributed by atoms with van der Waals surface area (Å²) in [5.41, 5.74) is 0.0794. The van der Waals surface area contributed by atoms with Crippen molar-refractivity contribution in [1.29, 1.82) is 0 Å². The van der Waals surface area contributed by atoms with Crippen molar-refractivity contribution in [3.8, 4) is 34.5 Å². The molecule has 192 valence electrons. The van der Waals surface area contributed by atoms with Crippen LogP contribution in [0.15, 0.2) is 30.3 Å². The monoisotopic (exact) mass is 496 g/mol. The van der Waals surface area contributed by atoms with E-state index in [2.05, 4.69) is 0 Å². The molecule has 1 fully saturated rings. The van der Waals surface area contributed by atoms with E-state index in [-0.39, 0.29) is 34.3 Å². The first kappa shape index (κ1) is 26.2. The lowest BCUT2D eigenvalue weighted by molar-refractivity contribution is -0.277. The van der Waals surface area contributed by atoms with Gasteiger partial charge in [-0.15, -0.1) is 0 Å². The smallest absolute Gasteiger partial charge is 0.338 e. The summed E-state index contributed by atoms with van der Waals surface area (Å²) in [5, 5.41) is 40.7. The van der Waals surface area contributed by atoms with Crippen molar-refractivity contribution in [1.82, 2.24) is 0 Å². The summed E-state index contributed by atoms with van der Waals surface area (Å²) in [5.74, 6) is 0.161. The van der Waals surface area contributed by atoms with Gasteiger partial charge in [-0.05, 0) is 18.2 Å². The summed E-state index contributed by atoms with van der Waals surface area (Å²) >= 11 is 0. The Hall–Kier alpha value is -3.45. The normalized spacial score (nSPS) is 23.8. The van der Waals surface area contributed by atoms with Gasteiger partial charge in [0.25, 0.3) is 0 Å². The highest BCUT2D eigenvalue weighted by atomic mass is 16.7. The Morgan fingerprint density at radius 2 is 1.49 bits per heavy atom. The molecule has 5 atom stereocenters. The third kappa shape index (κ3) is 5.62. The molecule has 0 aliphatic carbocycles. The van der Waals surface area contributed by atoms with Gasteiger partial charge in [-0.3, -0.25) is 0 Å². The van der Waals surface area contributed by atoms with Gasteiger partial charge in [0.05, 0.1) is 34.0 Å². The van der Waals surface area contributed by atoms with E-state index in [1.807, 2.05) is 0 Å². The van der Waals surface area contributed by atoms with Crippen molar-refractivity contribution in [3.05, 3.63) is 35.9 Å². The molecule has 0 spiro atoms. The molecule has 0 radical (unpaired) electrons. The van der Waals surface area contributed by atoms with E-state index in [4.69, 9.17) is 33.2 Å². The summed E-state index contributed by atoms with van der Waals surface area (Å²) in [6.07, 6.45) is -7.53. The van der Waals surface area contributed by atoms with E-state index in [1.54, 1.807) is 0 Å². The number of methoxy groups -OCH3 is 4. The van der Waals surface area contributed by atoms with E-state index in [0.29, 0.717) is 5.75 Å². The van der Waals surface area contributed by atoms with Crippen LogP contribution in [0.2, 0.25) is 0 Å². The molecule has 0 aromatic heterocycles. The molecule has 1 heterocycles. The van der Waals surface area contributed by atoms with Gasteiger partial charge in [0.1, 0.15) is 36.8 Å². The fourth-order valence-electron chi connectivity index (χ4n) is 3.46. The van der Waals surface area contributed by atoms with Crippen LogP contribution >= 0.6 is 0 Å². The second-order valence-electron chi connectivity index (χ2n) is 7.48. The molecule has 12 heteroatoms. The molecule has 35 heavy (non-hydrogen) atoms. The van der Waals surface area contributed by atoms with E-state index in [1.165, 1.54) is 58.8 Å². The van der Waals surface area contributed by atoms with Gasteiger partial charge >= 0.3 is 5.97 Å². The van der Waals surface area contributed by atoms with Gasteiger partial charge in [-0.25, -0.2) is 4.79 Å². The Morgan fingerprint density at radius 3 is 2.06 bits per heavy atom. The topological polar surface area (TPSA) is 163 Å². The van der Waals surface area contributed by atoms with E-state index < -0.39 is 43.3 Å². The number of esters is 1. The maximum atomic E-state index is 12.4. The van der Waals surface area contributed by atoms with E-state index >= 15 is 0 Å². The number of carbonyl (C=O) groups is 1. The second kappa shape index (κ2) is 11.3. The zero-order chi connectivity index (χ0) is 25.7. The van der Waals surface area contributed by atoms with Crippen LogP contribution in [0.1, 0.15) is 10.4 Å². The lowest BCUT2D eigenvalue weighted by Gasteiger charge is -2.40. The van der Waals surface area contributed by atoms with E-state index in [0.717, 1.165) is 0 Å². The van der Waals surface area contributed by atoms with Crippen LogP contribution < -0.4 is 23.7 Å². The first-order chi connectivity index (χ1) is 16.7. The second-order valence-corrected chi connectivity index (χ2v) is 7.48. The Bertz CT molecular complexity index is 1000. The molecule has 0 unspecified atom stereocenters. The molecule has 0 saturated carbocycles. The van der Waals surface area contributed by atoms with Gasteiger partial charge in [0.2, 0.25) is 12.0 Å². The number of hydrogen-bond acceptors (Lipinski definition) is 12. The maximum Gasteiger partial charge on any atom is 0.338 e. The van der Waals surface area contributed by atoms with Crippen LogP contribution in [-0.2, 0) is 9.47 Å². The molecule has 1 saturated heterocycles. The van der Waals surface area contributed by atoms with Gasteiger partial charge < -0.3 is 53.6 Å². The van der Waals surface area contributed by atoms with Crippen molar-refractivity contribution < 1.29 is 58.4 Å². The number of carbonyl (C=O) groups excluding carboxylic acids is 1. The predicted molar refractivity (Wildman–Crippen MR) is 118 cm³/mol. The number of phenols is 1. The molecule has 0 bridgehead atoms. The van der Waals surface area contributed by atoms with Crippen LogP contribution in [0.25, 0.3) is 0 Å². The average molecular weight is 496 g/mol. The van der Waals surface area contributed by atoms with Crippen LogP contribution in [0.3, 0.4) is 0 Å². The van der Waals surface area contributed by atoms with Crippen LogP contribution in [0, 0.1) is 0 Å². The summed E-state index contributed by atoms with van der Waals surface area (Å²) in [6.45, 7) is -0.470. The zero-order valence-electron chi connectivity index (χ0n) is 19.5. The minimum Gasteiger partial charge on any atom is -0.504 e. The number of rotatable bonds is 9. The molecule has 12 nitrogen and oxygen atoms in total. The van der Waals surface area contributed by atoms with Crippen molar-refractivity contribution in [2.45, 2.75) is 30.7 Å². The minimum absolute atomic E-state index is 0.0748. The molecule has 2 aromatic rings. The third-order valence-corrected chi connectivity index (χ3v) is 5.35. The summed E-state index contributed by atoms with van der Waals surface area (Å²) < 4.78 is 37.2. The highest BCUT2D eigenvalue weighted by Crippen LogP contribution is 2.41. The number of aliphatic hydroxyl groups excluding tert-OH is 3. The molecular weight excluding hydrogens is 468 g/mol. The number of ether oxygens (including phenoxy) is 7. The minimum atomic E-state index is -1.66. The Morgan fingerprint density at radius 1 is 0.857 bits per heavy atom. The van der Waals surface area contributed by atoms with Crippen LogP contribution in [-0.4, -0.2) is 92.1 Å². The first-order valence-corrected chi connectivity index (χ1v) is 10.4. The highest BCUT2D eigenvalue weighted by molar-refractivity contribution is 5.90. The van der Waals surface area contributed by atoms with Gasteiger partial charge in [0, 0.05) is 12.1 Å². The lowest BCUT2D eigenvalue weighted by atomic mass is 9.99. The third-order valence-electron chi connectivity index (χ3n) is 5.35. The number of aliphatic hydroxyl groups is 3. The van der Waals surface area contributed by atoms with Crippen molar-refractivity contribution >= 4 is 5.97 Å². The maximum absolute atomic E-state index is 12.4. The Balaban J connectivity index is 1.73. The number of phenolic OH excluding ortho intramolecular Hbond substituents is 1. The molecule has 3 rings (SSSR count). The molecule has 4 N–H and O–H groups in total. The van der Waals surface area contributed by atoms with Gasteiger partial charge in [-0.2, -0.15) is 0 Å². The van der Waals surface area contributed by atoms with E-state index in [9.17, 15) is 25.2 Å². The zero-order valence-corrected chi connectivity index (χ0v) is 19.5. The first-order valence-electron chi connectivity index (χ1n) is 10.4. The Kier molecular flexibility index (Phi) is 8.46. The number of hydrogen-bond donors (Lipinski definition) is 4. The summed E-state index contributed by atoms with van der Waals surface area (Å²) in [7, 11) is 5.60. The van der Waals surface area contributed by atoms with Crippen molar-refractivity contribution in [3.63, 3.8) is 0 Å². The average Bonchev–Trinajstić information content (AvgIpc) is 2.87. The van der Waals surface area contributed by atoms with Crippen molar-refractivity contribution in [2.75, 3.05) is 35.0 Å². The Labute approximate surface area is 201 Å². The SMILES string of the molecule is COc1cc(C(=O)OC[C@H]2O[C@H](Oc3cc(OC)c(OC)c(OC)c3)[C@H](O)[C@@H](O)[C@@H]2O)ccc1O. The molecule has 2 aromatic carbocycles. The summed E-state index contributed by atoms with van der Waals surface area (Å²) in [4.78, 5) is 12.4. The van der Waals surface area contributed by atoms with Crippen LogP contribution in [0.4, 0.5) is 0 Å². The summed E-state index contributed by atoms with van der Waals surface area (Å²) in [6, 6.07) is 6.80. The largest absolute Gasteiger partial charge is 0.504 e. The van der Waals surface area contributed by atoms with Crippen molar-refractivity contribution in [2.24, 2.45) is 0 Å². The number of aromatic hydroxyl groups is 1. The standard InChI is InChI=1S/C23H28O12/c1-29-14-7-11(5-6-13(14)24)22(28)33-10-17-18(25)19(26)20(27)23(35-17)34-12-8-15(30-2)21(32-4)16(9-12)31-3/h5-9,17-20,23-27H,10H2,1-4H3/t17-,18-,19+,20-,23+/m1/s1.